The maximum absolute atomic E-state index is 13.0. The number of hydrogen-bond donors (Lipinski definition) is 0. The number of thioether (sulfide) groups is 1. The van der Waals surface area contributed by atoms with E-state index in [4.69, 9.17) is 9.47 Å². The third-order valence-electron chi connectivity index (χ3n) is 5.39. The van der Waals surface area contributed by atoms with Crippen LogP contribution in [0.1, 0.15) is 45.9 Å². The smallest absolute Gasteiger partial charge is 0.302 e. The number of fused-ring (bicyclic) bond motifs is 1. The van der Waals surface area contributed by atoms with Gasteiger partial charge in [0.05, 0.1) is 17.2 Å². The molecule has 0 spiro atoms. The van der Waals surface area contributed by atoms with Crippen LogP contribution < -0.4 is 5.56 Å². The van der Waals surface area contributed by atoms with Crippen LogP contribution in [0.4, 0.5) is 0 Å². The second-order valence-corrected chi connectivity index (χ2v) is 8.16. The lowest BCUT2D eigenvalue weighted by Gasteiger charge is -2.25. The van der Waals surface area contributed by atoms with Gasteiger partial charge in [-0.1, -0.05) is 23.9 Å². The van der Waals surface area contributed by atoms with E-state index in [-0.39, 0.29) is 18.6 Å². The van der Waals surface area contributed by atoms with E-state index < -0.39 is 36.2 Å². The number of aromatic nitrogens is 2. The van der Waals surface area contributed by atoms with Crippen LogP contribution in [0.15, 0.2) is 40.4 Å². The highest BCUT2D eigenvalue weighted by Gasteiger charge is 2.48. The molecule has 3 heterocycles. The molecule has 1 aromatic carbocycles. The second-order valence-electron chi connectivity index (χ2n) is 7.38. The summed E-state index contributed by atoms with van der Waals surface area (Å²) in [6.07, 6.45) is 2.41. The number of carbonyl (C=O) groups is 3. The lowest BCUT2D eigenvalue weighted by atomic mass is 10.1. The van der Waals surface area contributed by atoms with Crippen molar-refractivity contribution in [3.05, 3.63) is 57.5 Å². The normalized spacial score (nSPS) is 22.7. The van der Waals surface area contributed by atoms with Gasteiger partial charge in [0.1, 0.15) is 18.9 Å². The summed E-state index contributed by atoms with van der Waals surface area (Å²) in [6.45, 7) is 2.83. The van der Waals surface area contributed by atoms with E-state index >= 15 is 0 Å². The highest BCUT2D eigenvalue weighted by molar-refractivity contribution is 7.98. The summed E-state index contributed by atoms with van der Waals surface area (Å²) in [6, 6.07) is 6.00. The third-order valence-corrected chi connectivity index (χ3v) is 6.06. The van der Waals surface area contributed by atoms with Gasteiger partial charge >= 0.3 is 5.97 Å². The summed E-state index contributed by atoms with van der Waals surface area (Å²) in [5, 5.41) is 0.454. The van der Waals surface area contributed by atoms with Crippen LogP contribution in [0.3, 0.4) is 0 Å². The first kappa shape index (κ1) is 21.3. The van der Waals surface area contributed by atoms with E-state index in [1.807, 2.05) is 0 Å². The fourth-order valence-electron chi connectivity index (χ4n) is 3.93. The number of hydrogen-bond acceptors (Lipinski definition) is 8. The number of benzene rings is 1. The SMILES string of the molecule is CSc1nc(=O)c(C)cn1[C@@H]1C[C@H](N2C(=O)c3ccccc3C2=O)[C@@H](COC(C)=O)O1. The predicted molar refractivity (Wildman–Crippen MR) is 111 cm³/mol. The van der Waals surface area contributed by atoms with Gasteiger partial charge in [0.25, 0.3) is 17.4 Å². The Morgan fingerprint density at radius 1 is 1.23 bits per heavy atom. The molecular weight excluding hydrogens is 422 g/mol. The molecule has 0 unspecified atom stereocenters. The maximum atomic E-state index is 13.0. The molecule has 162 valence electrons. The van der Waals surface area contributed by atoms with E-state index in [2.05, 4.69) is 4.98 Å². The van der Waals surface area contributed by atoms with Gasteiger partial charge in [-0.3, -0.25) is 24.1 Å². The minimum atomic E-state index is -0.717. The fourth-order valence-corrected chi connectivity index (χ4v) is 4.48. The number of carbonyl (C=O) groups excluding carboxylic acids is 3. The Hall–Kier alpha value is -2.98. The Balaban J connectivity index is 1.69. The molecule has 2 aliphatic rings. The first-order valence-corrected chi connectivity index (χ1v) is 10.9. The molecule has 2 aliphatic heterocycles. The van der Waals surface area contributed by atoms with Crippen LogP contribution in [-0.4, -0.2) is 57.2 Å². The van der Waals surface area contributed by atoms with Gasteiger partial charge in [0.2, 0.25) is 0 Å². The van der Waals surface area contributed by atoms with Gasteiger partial charge < -0.3 is 14.0 Å². The number of amides is 2. The fraction of sp³-hybridized carbons (Fsp3) is 0.381. The molecule has 2 amide bonds. The molecule has 0 radical (unpaired) electrons. The van der Waals surface area contributed by atoms with Crippen molar-refractivity contribution in [1.82, 2.24) is 14.5 Å². The van der Waals surface area contributed by atoms with E-state index in [9.17, 15) is 19.2 Å². The van der Waals surface area contributed by atoms with Crippen molar-refractivity contribution < 1.29 is 23.9 Å². The van der Waals surface area contributed by atoms with Crippen molar-refractivity contribution in [3.8, 4) is 0 Å². The third kappa shape index (κ3) is 3.77. The molecular formula is C21H21N3O6S. The van der Waals surface area contributed by atoms with Crippen molar-refractivity contribution in [2.45, 2.75) is 43.8 Å². The molecule has 9 nitrogen and oxygen atoms in total. The molecule has 1 aromatic heterocycles. The van der Waals surface area contributed by atoms with E-state index in [1.54, 1.807) is 48.2 Å². The number of ether oxygens (including phenoxy) is 2. The molecule has 10 heteroatoms. The number of esters is 1. The number of imide groups is 1. The van der Waals surface area contributed by atoms with E-state index in [0.29, 0.717) is 21.8 Å². The first-order valence-electron chi connectivity index (χ1n) is 9.71. The van der Waals surface area contributed by atoms with Gasteiger partial charge in [-0.25, -0.2) is 0 Å². The van der Waals surface area contributed by atoms with Gasteiger partial charge in [0, 0.05) is 25.1 Å². The maximum Gasteiger partial charge on any atom is 0.302 e. The standard InChI is InChI=1S/C21H21N3O6S/c1-11-9-23(21(31-3)22-18(11)26)17-8-15(16(30-17)10-29-12(2)25)24-19(27)13-6-4-5-7-14(13)20(24)28/h4-7,9,15-17H,8,10H2,1-3H3/t15-,16+,17-/m0/s1. The Labute approximate surface area is 182 Å². The highest BCUT2D eigenvalue weighted by Crippen LogP contribution is 2.37. The highest BCUT2D eigenvalue weighted by atomic mass is 32.2. The summed E-state index contributed by atoms with van der Waals surface area (Å²) in [4.78, 5) is 54.7. The largest absolute Gasteiger partial charge is 0.463 e. The monoisotopic (exact) mass is 443 g/mol. The first-order chi connectivity index (χ1) is 14.8. The summed E-state index contributed by atoms with van der Waals surface area (Å²) in [7, 11) is 0. The van der Waals surface area contributed by atoms with Crippen LogP contribution >= 0.6 is 11.8 Å². The van der Waals surface area contributed by atoms with Crippen LogP contribution in [0.25, 0.3) is 0 Å². The molecule has 2 aromatic rings. The Morgan fingerprint density at radius 3 is 2.45 bits per heavy atom. The lowest BCUT2D eigenvalue weighted by Crippen LogP contribution is -2.46. The average Bonchev–Trinajstić information content (AvgIpc) is 3.27. The number of aryl methyl sites for hydroxylation is 1. The second kappa shape index (κ2) is 8.27. The molecule has 4 rings (SSSR count). The molecule has 1 fully saturated rings. The van der Waals surface area contributed by atoms with Crippen molar-refractivity contribution in [1.29, 1.82) is 0 Å². The van der Waals surface area contributed by atoms with Crippen molar-refractivity contribution in [2.24, 2.45) is 0 Å². The van der Waals surface area contributed by atoms with Gasteiger partial charge in [-0.2, -0.15) is 4.98 Å². The van der Waals surface area contributed by atoms with Gasteiger partial charge in [-0.05, 0) is 25.3 Å². The molecule has 3 atom stereocenters. The zero-order chi connectivity index (χ0) is 22.3. The average molecular weight is 443 g/mol. The van der Waals surface area contributed by atoms with Crippen LogP contribution in [0, 0.1) is 6.92 Å². The van der Waals surface area contributed by atoms with Gasteiger partial charge in [0.15, 0.2) is 5.16 Å². The topological polar surface area (TPSA) is 108 Å². The molecule has 0 aliphatic carbocycles. The zero-order valence-corrected chi connectivity index (χ0v) is 18.0. The Bertz CT molecular complexity index is 1100. The lowest BCUT2D eigenvalue weighted by molar-refractivity contribution is -0.146. The molecule has 31 heavy (non-hydrogen) atoms. The van der Waals surface area contributed by atoms with Crippen molar-refractivity contribution >= 4 is 29.5 Å². The summed E-state index contributed by atoms with van der Waals surface area (Å²) < 4.78 is 13.0. The summed E-state index contributed by atoms with van der Waals surface area (Å²) in [5.41, 5.74) is 0.801. The van der Waals surface area contributed by atoms with Crippen molar-refractivity contribution in [2.75, 3.05) is 12.9 Å². The molecule has 0 saturated carbocycles. The molecule has 0 N–H and O–H groups in total. The minimum absolute atomic E-state index is 0.106. The quantitative estimate of drug-likeness (QED) is 0.298. The predicted octanol–water partition coefficient (Wildman–Crippen LogP) is 1.79. The number of nitrogens with zero attached hydrogens (tertiary/aromatic N) is 3. The number of rotatable bonds is 5. The van der Waals surface area contributed by atoms with E-state index in [0.717, 1.165) is 0 Å². The van der Waals surface area contributed by atoms with Crippen LogP contribution in [-0.2, 0) is 14.3 Å². The zero-order valence-electron chi connectivity index (χ0n) is 17.2. The van der Waals surface area contributed by atoms with Crippen molar-refractivity contribution in [3.63, 3.8) is 0 Å². The molecule has 0 bridgehead atoms. The Kier molecular flexibility index (Phi) is 5.67. The Morgan fingerprint density at radius 2 is 1.87 bits per heavy atom. The van der Waals surface area contributed by atoms with E-state index in [1.165, 1.54) is 23.6 Å². The van der Waals surface area contributed by atoms with Crippen LogP contribution in [0.2, 0.25) is 0 Å². The van der Waals surface area contributed by atoms with Crippen LogP contribution in [0.5, 0.6) is 0 Å². The van der Waals surface area contributed by atoms with Gasteiger partial charge in [-0.15, -0.1) is 0 Å². The minimum Gasteiger partial charge on any atom is -0.463 e. The summed E-state index contributed by atoms with van der Waals surface area (Å²) >= 11 is 1.29. The summed E-state index contributed by atoms with van der Waals surface area (Å²) in [5.74, 6) is -1.29. The molecule has 1 saturated heterocycles.